The number of carbonyl (C=O) groups excluding carboxylic acids is 1. The summed E-state index contributed by atoms with van der Waals surface area (Å²) in [5.41, 5.74) is 2.00. The Kier molecular flexibility index (Phi) is 4.41. The monoisotopic (exact) mass is 379 g/mol. The van der Waals surface area contributed by atoms with Crippen molar-refractivity contribution >= 4 is 21.6 Å². The number of aryl methyl sites for hydroxylation is 1. The van der Waals surface area contributed by atoms with Crippen LogP contribution in [0.25, 0.3) is 0 Å². The van der Waals surface area contributed by atoms with Crippen LogP contribution in [0.2, 0.25) is 0 Å². The number of hydrogen-bond acceptors (Lipinski definition) is 7. The van der Waals surface area contributed by atoms with Gasteiger partial charge in [0, 0.05) is 31.3 Å². The second kappa shape index (κ2) is 6.48. The molecule has 8 heteroatoms. The lowest BCUT2D eigenvalue weighted by atomic mass is 9.60. The average Bonchev–Trinajstić information content (AvgIpc) is 3.07. The van der Waals surface area contributed by atoms with E-state index in [0.29, 0.717) is 30.8 Å². The third-order valence-electron chi connectivity index (χ3n) is 5.96. The molecule has 0 radical (unpaired) electrons. The van der Waals surface area contributed by atoms with Crippen molar-refractivity contribution in [2.45, 2.75) is 44.2 Å². The topological polar surface area (TPSA) is 89.5 Å². The fourth-order valence-corrected chi connectivity index (χ4v) is 5.25. The van der Waals surface area contributed by atoms with Gasteiger partial charge in [-0.25, -0.2) is 18.4 Å². The van der Waals surface area contributed by atoms with E-state index >= 15 is 0 Å². The zero-order chi connectivity index (χ0) is 18.5. The molecule has 2 aliphatic heterocycles. The summed E-state index contributed by atoms with van der Waals surface area (Å²) in [6.07, 6.45) is 5.51. The molecule has 0 amide bonds. The van der Waals surface area contributed by atoms with Gasteiger partial charge in [-0.15, -0.1) is 0 Å². The van der Waals surface area contributed by atoms with Crippen LogP contribution < -0.4 is 4.90 Å². The van der Waals surface area contributed by atoms with Gasteiger partial charge < -0.3 is 9.64 Å². The summed E-state index contributed by atoms with van der Waals surface area (Å²) in [6, 6.07) is 0. The molecule has 2 bridgehead atoms. The fourth-order valence-electron chi connectivity index (χ4n) is 4.72. The van der Waals surface area contributed by atoms with Crippen LogP contribution in [0, 0.1) is 17.8 Å². The summed E-state index contributed by atoms with van der Waals surface area (Å²) in [7, 11) is -3.43. The third-order valence-corrected chi connectivity index (χ3v) is 6.80. The summed E-state index contributed by atoms with van der Waals surface area (Å²) in [5.74, 6) is 1.98. The molecule has 0 spiro atoms. The van der Waals surface area contributed by atoms with Crippen LogP contribution in [-0.4, -0.2) is 50.3 Å². The lowest BCUT2D eigenvalue weighted by Gasteiger charge is -2.54. The van der Waals surface area contributed by atoms with E-state index < -0.39 is 9.84 Å². The van der Waals surface area contributed by atoms with Gasteiger partial charge in [0.15, 0.2) is 0 Å². The van der Waals surface area contributed by atoms with E-state index in [1.807, 2.05) is 6.92 Å². The Morgan fingerprint density at radius 2 is 1.96 bits per heavy atom. The van der Waals surface area contributed by atoms with Crippen LogP contribution in [-0.2, 0) is 32.2 Å². The van der Waals surface area contributed by atoms with Crippen molar-refractivity contribution < 1.29 is 17.9 Å². The van der Waals surface area contributed by atoms with Gasteiger partial charge in [-0.05, 0) is 50.4 Å². The summed E-state index contributed by atoms with van der Waals surface area (Å²) >= 11 is 0. The molecule has 2 aliphatic carbocycles. The molecular formula is C18H25N3O4S. The predicted molar refractivity (Wildman–Crippen MR) is 95.7 cm³/mol. The Morgan fingerprint density at radius 1 is 1.23 bits per heavy atom. The number of aromatic nitrogens is 2. The highest BCUT2D eigenvalue weighted by Gasteiger charge is 2.48. The van der Waals surface area contributed by atoms with Crippen LogP contribution in [0.4, 0.5) is 5.82 Å². The fraction of sp³-hybridized carbons (Fsp3) is 0.722. The smallest absolute Gasteiger partial charge is 0.306 e. The van der Waals surface area contributed by atoms with Gasteiger partial charge >= 0.3 is 5.97 Å². The van der Waals surface area contributed by atoms with Gasteiger partial charge in [0.25, 0.3) is 0 Å². The maximum Gasteiger partial charge on any atom is 0.306 e. The Hall–Kier alpha value is -1.70. The molecule has 142 valence electrons. The van der Waals surface area contributed by atoms with E-state index in [9.17, 15) is 13.2 Å². The zero-order valence-electron chi connectivity index (χ0n) is 15.3. The van der Waals surface area contributed by atoms with E-state index in [0.717, 1.165) is 62.1 Å². The van der Waals surface area contributed by atoms with Crippen molar-refractivity contribution in [3.63, 3.8) is 0 Å². The summed E-state index contributed by atoms with van der Waals surface area (Å²) in [6.45, 7) is 3.91. The minimum Gasteiger partial charge on any atom is -0.466 e. The van der Waals surface area contributed by atoms with Crippen LogP contribution in [0.3, 0.4) is 0 Å². The highest BCUT2D eigenvalue weighted by molar-refractivity contribution is 7.90. The van der Waals surface area contributed by atoms with E-state index in [4.69, 9.17) is 4.74 Å². The van der Waals surface area contributed by atoms with Crippen LogP contribution in [0.5, 0.6) is 0 Å². The SMILES string of the molecule is CCOC(=O)CC1[C@@H]2C[C@H]1CN(c1nc(S(C)(=O)=O)nc3c1CCC3)C2. The van der Waals surface area contributed by atoms with Gasteiger partial charge in [0.1, 0.15) is 5.82 Å². The second-order valence-electron chi connectivity index (χ2n) is 7.71. The predicted octanol–water partition coefficient (Wildman–Crippen LogP) is 1.39. The first-order valence-electron chi connectivity index (χ1n) is 9.37. The van der Waals surface area contributed by atoms with E-state index in [1.54, 1.807) is 0 Å². The summed E-state index contributed by atoms with van der Waals surface area (Å²) in [5, 5.41) is -0.0597. The number of rotatable bonds is 5. The van der Waals surface area contributed by atoms with Crippen molar-refractivity contribution in [3.8, 4) is 0 Å². The standard InChI is InChI=1S/C18H25N3O4S/c1-3-25-16(22)8-14-11-7-12(14)10-21(9-11)17-13-5-4-6-15(13)19-18(20-17)26(2,23)24/h11-12,14H,3-10H2,1-2H3/t11-,12+,14?. The molecule has 5 rings (SSSR count). The molecule has 3 atom stereocenters. The highest BCUT2D eigenvalue weighted by Crippen LogP contribution is 2.49. The van der Waals surface area contributed by atoms with Gasteiger partial charge in [-0.2, -0.15) is 0 Å². The molecule has 1 unspecified atom stereocenters. The maximum atomic E-state index is 12.0. The molecule has 1 aromatic rings. The van der Waals surface area contributed by atoms with Crippen molar-refractivity contribution in [1.82, 2.24) is 9.97 Å². The van der Waals surface area contributed by atoms with Crippen molar-refractivity contribution in [1.29, 1.82) is 0 Å². The lowest BCUT2D eigenvalue weighted by molar-refractivity contribution is -0.147. The zero-order valence-corrected chi connectivity index (χ0v) is 16.1. The Labute approximate surface area is 154 Å². The molecule has 2 saturated heterocycles. The molecule has 3 fully saturated rings. The molecule has 1 aromatic heterocycles. The minimum atomic E-state index is -3.43. The lowest BCUT2D eigenvalue weighted by Crippen LogP contribution is -2.56. The molecule has 0 aromatic carbocycles. The number of anilines is 1. The van der Waals surface area contributed by atoms with Crippen LogP contribution in [0.1, 0.15) is 37.4 Å². The number of hydrogen-bond donors (Lipinski definition) is 0. The summed E-state index contributed by atoms with van der Waals surface area (Å²) < 4.78 is 29.1. The van der Waals surface area contributed by atoms with Gasteiger partial charge in [-0.1, -0.05) is 0 Å². The van der Waals surface area contributed by atoms with Crippen molar-refractivity contribution in [2.24, 2.45) is 17.8 Å². The molecule has 26 heavy (non-hydrogen) atoms. The minimum absolute atomic E-state index is 0.0597. The van der Waals surface area contributed by atoms with Gasteiger partial charge in [0.05, 0.1) is 12.3 Å². The molecule has 3 heterocycles. The Balaban J connectivity index is 1.56. The number of ether oxygens (including phenoxy) is 1. The van der Waals surface area contributed by atoms with Crippen molar-refractivity contribution in [3.05, 3.63) is 11.3 Å². The maximum absolute atomic E-state index is 12.0. The number of piperidine rings is 2. The number of fused-ring (bicyclic) bond motifs is 3. The molecular weight excluding hydrogens is 354 g/mol. The number of sulfone groups is 1. The van der Waals surface area contributed by atoms with Crippen LogP contribution in [0.15, 0.2) is 5.16 Å². The van der Waals surface area contributed by atoms with E-state index in [2.05, 4.69) is 14.9 Å². The van der Waals surface area contributed by atoms with Gasteiger partial charge in [-0.3, -0.25) is 4.79 Å². The third kappa shape index (κ3) is 3.08. The normalized spacial score (nSPS) is 27.0. The summed E-state index contributed by atoms with van der Waals surface area (Å²) in [4.78, 5) is 22.8. The number of esters is 1. The number of carbonyl (C=O) groups is 1. The molecule has 7 nitrogen and oxygen atoms in total. The van der Waals surface area contributed by atoms with E-state index in [-0.39, 0.29) is 11.1 Å². The Bertz CT molecular complexity index is 827. The first-order chi connectivity index (χ1) is 12.4. The van der Waals surface area contributed by atoms with Gasteiger partial charge in [0.2, 0.25) is 15.0 Å². The molecule has 4 aliphatic rings. The largest absolute Gasteiger partial charge is 0.466 e. The van der Waals surface area contributed by atoms with Crippen LogP contribution >= 0.6 is 0 Å². The molecule has 1 saturated carbocycles. The quantitative estimate of drug-likeness (QED) is 0.564. The number of nitrogens with zero attached hydrogens (tertiary/aromatic N) is 3. The Morgan fingerprint density at radius 3 is 2.62 bits per heavy atom. The average molecular weight is 379 g/mol. The first-order valence-corrected chi connectivity index (χ1v) is 11.3. The highest BCUT2D eigenvalue weighted by atomic mass is 32.2. The molecule has 0 N–H and O–H groups in total. The first kappa shape index (κ1) is 17.7. The van der Waals surface area contributed by atoms with E-state index in [1.165, 1.54) is 0 Å². The second-order valence-corrected chi connectivity index (χ2v) is 9.62. The van der Waals surface area contributed by atoms with Crippen molar-refractivity contribution in [2.75, 3.05) is 30.9 Å².